The van der Waals surface area contributed by atoms with Crippen molar-refractivity contribution in [2.24, 2.45) is 33.5 Å². The topological polar surface area (TPSA) is 67.5 Å². The number of primary amides is 1. The average molecular weight is 388 g/mol. The largest absolute Gasteiger partial charge is 0.350 e. The summed E-state index contributed by atoms with van der Waals surface area (Å²) in [5.74, 6) is 1.47. The fourth-order valence-electron chi connectivity index (χ4n) is 6.02. The molecule has 2 aliphatic rings. The number of hydrogen-bond acceptors (Lipinski definition) is 2. The van der Waals surface area contributed by atoms with Gasteiger partial charge < -0.3 is 5.73 Å². The standard InChI is InChI=1S/C24H41N3O/c1-17(9-7-10-19(3)26-27-22(25)28)11-13-20-18(2)12-14-21-23(4,5)15-8-16-24(20,21)6/h9,20-21H,2,7-8,10-16H2,1,3-6H3,(H3,25,27,28)/b17-9-,26-19+/t20-,21+,24+/m0/s1. The van der Waals surface area contributed by atoms with Crippen LogP contribution in [0.4, 0.5) is 4.79 Å². The molecule has 4 heteroatoms. The first-order valence-electron chi connectivity index (χ1n) is 11.0. The number of rotatable bonds is 7. The summed E-state index contributed by atoms with van der Waals surface area (Å²) >= 11 is 0. The number of urea groups is 1. The molecule has 0 unspecified atom stereocenters. The molecule has 0 bridgehead atoms. The number of nitrogens with one attached hydrogen (secondary N) is 1. The highest BCUT2D eigenvalue weighted by atomic mass is 16.2. The first kappa shape index (κ1) is 22.7. The molecule has 2 saturated carbocycles. The summed E-state index contributed by atoms with van der Waals surface area (Å²) in [6.07, 6.45) is 13.1. The smallest absolute Gasteiger partial charge is 0.332 e. The zero-order chi connectivity index (χ0) is 20.9. The summed E-state index contributed by atoms with van der Waals surface area (Å²) in [4.78, 5) is 10.7. The average Bonchev–Trinajstić information content (AvgIpc) is 2.58. The van der Waals surface area contributed by atoms with Gasteiger partial charge in [0.05, 0.1) is 0 Å². The van der Waals surface area contributed by atoms with Crippen LogP contribution in [0.3, 0.4) is 0 Å². The number of nitrogens with zero attached hydrogens (tertiary/aromatic N) is 1. The second-order valence-corrected chi connectivity index (χ2v) is 10.1. The second kappa shape index (κ2) is 9.28. The first-order valence-corrected chi connectivity index (χ1v) is 11.0. The van der Waals surface area contributed by atoms with E-state index < -0.39 is 6.03 Å². The van der Waals surface area contributed by atoms with Crippen molar-refractivity contribution < 1.29 is 4.79 Å². The van der Waals surface area contributed by atoms with Gasteiger partial charge in [-0.15, -0.1) is 0 Å². The van der Waals surface area contributed by atoms with E-state index in [1.807, 2.05) is 6.92 Å². The highest BCUT2D eigenvalue weighted by Crippen LogP contribution is 2.61. The number of fused-ring (bicyclic) bond motifs is 1. The van der Waals surface area contributed by atoms with Crippen LogP contribution >= 0.6 is 0 Å². The lowest BCUT2D eigenvalue weighted by molar-refractivity contribution is -0.0539. The number of carbonyl (C=O) groups excluding carboxylic acids is 1. The molecule has 3 atom stereocenters. The Kier molecular flexibility index (Phi) is 7.52. The molecule has 2 rings (SSSR count). The summed E-state index contributed by atoms with van der Waals surface area (Å²) in [6.45, 7) is 16.2. The van der Waals surface area contributed by atoms with Crippen LogP contribution in [0.15, 0.2) is 28.9 Å². The molecule has 0 radical (unpaired) electrons. The van der Waals surface area contributed by atoms with E-state index >= 15 is 0 Å². The monoisotopic (exact) mass is 387 g/mol. The summed E-state index contributed by atoms with van der Waals surface area (Å²) < 4.78 is 0. The minimum absolute atomic E-state index is 0.418. The maximum Gasteiger partial charge on any atom is 0.332 e. The molecule has 0 aromatic heterocycles. The van der Waals surface area contributed by atoms with E-state index in [9.17, 15) is 4.79 Å². The van der Waals surface area contributed by atoms with E-state index in [1.54, 1.807) is 0 Å². The fourth-order valence-corrected chi connectivity index (χ4v) is 6.02. The van der Waals surface area contributed by atoms with Gasteiger partial charge in [0.15, 0.2) is 0 Å². The van der Waals surface area contributed by atoms with Crippen LogP contribution in [0.5, 0.6) is 0 Å². The van der Waals surface area contributed by atoms with Crippen molar-refractivity contribution in [3.63, 3.8) is 0 Å². The van der Waals surface area contributed by atoms with Gasteiger partial charge in [-0.05, 0) is 87.9 Å². The Morgan fingerprint density at radius 1 is 1.29 bits per heavy atom. The van der Waals surface area contributed by atoms with Gasteiger partial charge in [0.1, 0.15) is 0 Å². The Morgan fingerprint density at radius 2 is 2.00 bits per heavy atom. The van der Waals surface area contributed by atoms with Gasteiger partial charge in [0, 0.05) is 5.71 Å². The number of hydrazone groups is 1. The zero-order valence-corrected chi connectivity index (χ0v) is 18.7. The lowest BCUT2D eigenvalue weighted by atomic mass is 9.47. The van der Waals surface area contributed by atoms with Crippen LogP contribution in [0, 0.1) is 22.7 Å². The first-order chi connectivity index (χ1) is 13.1. The van der Waals surface area contributed by atoms with Crippen molar-refractivity contribution in [2.75, 3.05) is 0 Å². The van der Waals surface area contributed by atoms with Gasteiger partial charge in [0.2, 0.25) is 0 Å². The molecular formula is C24H41N3O. The van der Waals surface area contributed by atoms with E-state index in [2.05, 4.69) is 50.9 Å². The summed E-state index contributed by atoms with van der Waals surface area (Å²) in [5, 5.41) is 3.97. The van der Waals surface area contributed by atoms with Gasteiger partial charge in [-0.3, -0.25) is 0 Å². The van der Waals surface area contributed by atoms with Gasteiger partial charge in [-0.25, -0.2) is 10.2 Å². The molecule has 0 heterocycles. The van der Waals surface area contributed by atoms with Crippen LogP contribution in [-0.4, -0.2) is 11.7 Å². The Hall–Kier alpha value is -1.58. The van der Waals surface area contributed by atoms with Gasteiger partial charge in [0.25, 0.3) is 0 Å². The van der Waals surface area contributed by atoms with E-state index in [4.69, 9.17) is 5.73 Å². The van der Waals surface area contributed by atoms with Gasteiger partial charge in [-0.1, -0.05) is 51.0 Å². The van der Waals surface area contributed by atoms with Crippen LogP contribution in [-0.2, 0) is 0 Å². The Labute approximate surface area is 172 Å². The molecule has 28 heavy (non-hydrogen) atoms. The molecule has 2 fully saturated rings. The van der Waals surface area contributed by atoms with E-state index in [1.165, 1.54) is 49.7 Å². The molecule has 0 spiro atoms. The molecule has 0 aromatic rings. The van der Waals surface area contributed by atoms with Crippen molar-refractivity contribution in [3.8, 4) is 0 Å². The maximum atomic E-state index is 10.7. The van der Waals surface area contributed by atoms with Crippen LogP contribution < -0.4 is 11.2 Å². The lowest BCUT2D eigenvalue weighted by Crippen LogP contribution is -2.49. The lowest BCUT2D eigenvalue weighted by Gasteiger charge is -2.58. The highest BCUT2D eigenvalue weighted by Gasteiger charge is 2.52. The maximum absolute atomic E-state index is 10.7. The summed E-state index contributed by atoms with van der Waals surface area (Å²) in [7, 11) is 0. The predicted octanol–water partition coefficient (Wildman–Crippen LogP) is 6.34. The number of carbonyl (C=O) groups is 1. The van der Waals surface area contributed by atoms with Crippen molar-refractivity contribution in [1.82, 2.24) is 5.43 Å². The summed E-state index contributed by atoms with van der Waals surface area (Å²) in [5.41, 5.74) is 12.0. The SMILES string of the molecule is C=C1CC[C@@H]2C(C)(C)CCC[C@]2(C)[C@H]1CC/C(C)=C\CC/C(C)=N/NC(N)=O. The molecule has 158 valence electrons. The van der Waals surface area contributed by atoms with Crippen LogP contribution in [0.25, 0.3) is 0 Å². The number of allylic oxidation sites excluding steroid dienone is 3. The van der Waals surface area contributed by atoms with Crippen molar-refractivity contribution in [2.45, 2.75) is 92.4 Å². The number of nitrogens with two attached hydrogens (primary N) is 1. The van der Waals surface area contributed by atoms with E-state index in [0.717, 1.165) is 30.9 Å². The Morgan fingerprint density at radius 3 is 2.68 bits per heavy atom. The number of amides is 2. The second-order valence-electron chi connectivity index (χ2n) is 10.1. The third-order valence-electron chi connectivity index (χ3n) is 7.50. The van der Waals surface area contributed by atoms with E-state index in [0.29, 0.717) is 16.7 Å². The molecule has 0 aliphatic heterocycles. The normalized spacial score (nSPS) is 30.7. The quantitative estimate of drug-likeness (QED) is 0.299. The van der Waals surface area contributed by atoms with Crippen LogP contribution in [0.2, 0.25) is 0 Å². The van der Waals surface area contributed by atoms with Crippen LogP contribution in [0.1, 0.15) is 92.4 Å². The zero-order valence-electron chi connectivity index (χ0n) is 18.7. The highest BCUT2D eigenvalue weighted by molar-refractivity contribution is 5.83. The molecule has 4 nitrogen and oxygen atoms in total. The minimum Gasteiger partial charge on any atom is -0.350 e. The fraction of sp³-hybridized carbons (Fsp3) is 0.750. The Bertz CT molecular complexity index is 646. The molecule has 3 N–H and O–H groups in total. The predicted molar refractivity (Wildman–Crippen MR) is 119 cm³/mol. The third kappa shape index (κ3) is 5.48. The Balaban J connectivity index is 1.93. The van der Waals surface area contributed by atoms with Crippen molar-refractivity contribution in [3.05, 3.63) is 23.8 Å². The molecule has 2 amide bonds. The molecular weight excluding hydrogens is 346 g/mol. The van der Waals surface area contributed by atoms with Crippen molar-refractivity contribution in [1.29, 1.82) is 0 Å². The third-order valence-corrected chi connectivity index (χ3v) is 7.50. The number of hydrogen-bond donors (Lipinski definition) is 2. The van der Waals surface area contributed by atoms with Gasteiger partial charge in [-0.2, -0.15) is 5.10 Å². The summed E-state index contributed by atoms with van der Waals surface area (Å²) in [6, 6.07) is -0.614. The van der Waals surface area contributed by atoms with Crippen molar-refractivity contribution >= 4 is 11.7 Å². The van der Waals surface area contributed by atoms with E-state index in [-0.39, 0.29) is 0 Å². The minimum atomic E-state index is -0.614. The molecule has 2 aliphatic carbocycles. The molecule has 0 aromatic carbocycles. The molecule has 0 saturated heterocycles. The van der Waals surface area contributed by atoms with Gasteiger partial charge >= 0.3 is 6.03 Å².